The Hall–Kier alpha value is -2.04. The van der Waals surface area contributed by atoms with Gasteiger partial charge in [-0.3, -0.25) is 0 Å². The molecule has 2 aromatic rings. The van der Waals surface area contributed by atoms with Crippen molar-refractivity contribution in [2.75, 3.05) is 12.3 Å². The number of nitrogens with zero attached hydrogens (tertiary/aromatic N) is 3. The molecule has 1 aromatic heterocycles. The second-order valence-corrected chi connectivity index (χ2v) is 3.81. The van der Waals surface area contributed by atoms with E-state index in [4.69, 9.17) is 10.5 Å². The third-order valence-electron chi connectivity index (χ3n) is 2.30. The van der Waals surface area contributed by atoms with Gasteiger partial charge >= 0.3 is 0 Å². The highest BCUT2D eigenvalue weighted by molar-refractivity contribution is 5.55. The maximum Gasteiger partial charge on any atom is 0.147 e. The van der Waals surface area contributed by atoms with Crippen molar-refractivity contribution < 1.29 is 4.74 Å². The number of nitrogen functional groups attached to an aromatic ring is 1. The number of nitrogens with two attached hydrogens (primary N) is 1. The van der Waals surface area contributed by atoms with Gasteiger partial charge in [0.15, 0.2) is 0 Å². The maximum atomic E-state index is 5.76. The normalized spacial score (nSPS) is 10.5. The summed E-state index contributed by atoms with van der Waals surface area (Å²) in [5.74, 6) is 1.46. The number of aryl methyl sites for hydroxylation is 1. The van der Waals surface area contributed by atoms with Gasteiger partial charge in [0.2, 0.25) is 0 Å². The van der Waals surface area contributed by atoms with Crippen molar-refractivity contribution in [2.45, 2.75) is 20.3 Å². The maximum absolute atomic E-state index is 5.76. The molecule has 0 atom stereocenters. The summed E-state index contributed by atoms with van der Waals surface area (Å²) in [4.78, 5) is 4.10. The zero-order valence-electron chi connectivity index (χ0n) is 10.1. The molecule has 90 valence electrons. The molecule has 2 rings (SSSR count). The Labute approximate surface area is 100 Å². The lowest BCUT2D eigenvalue weighted by Crippen LogP contribution is -2.03. The Balaban J connectivity index is 2.38. The van der Waals surface area contributed by atoms with Crippen LogP contribution in [0.1, 0.15) is 19.2 Å². The number of hydrogen-bond acceptors (Lipinski definition) is 4. The van der Waals surface area contributed by atoms with E-state index in [9.17, 15) is 0 Å². The SMILES string of the molecule is CCCOc1cc(N)ccc1-n1cnc(C)n1. The number of anilines is 1. The average Bonchev–Trinajstić information content (AvgIpc) is 2.73. The largest absolute Gasteiger partial charge is 0.491 e. The van der Waals surface area contributed by atoms with Gasteiger partial charge in [-0.05, 0) is 25.5 Å². The van der Waals surface area contributed by atoms with E-state index < -0.39 is 0 Å². The molecule has 0 aliphatic carbocycles. The number of ether oxygens (including phenoxy) is 1. The first-order valence-electron chi connectivity index (χ1n) is 5.61. The third kappa shape index (κ3) is 2.55. The zero-order chi connectivity index (χ0) is 12.3. The highest BCUT2D eigenvalue weighted by Gasteiger charge is 2.08. The summed E-state index contributed by atoms with van der Waals surface area (Å²) in [6.45, 7) is 4.57. The predicted octanol–water partition coefficient (Wildman–Crippen LogP) is 1.95. The van der Waals surface area contributed by atoms with Crippen LogP contribution in [-0.2, 0) is 0 Å². The van der Waals surface area contributed by atoms with Crippen LogP contribution in [0.4, 0.5) is 5.69 Å². The van der Waals surface area contributed by atoms with E-state index in [2.05, 4.69) is 17.0 Å². The summed E-state index contributed by atoms with van der Waals surface area (Å²) in [6.07, 6.45) is 2.62. The Morgan fingerprint density at radius 3 is 2.88 bits per heavy atom. The Morgan fingerprint density at radius 1 is 1.41 bits per heavy atom. The van der Waals surface area contributed by atoms with Crippen LogP contribution in [0.3, 0.4) is 0 Å². The lowest BCUT2D eigenvalue weighted by molar-refractivity contribution is 0.316. The molecule has 0 amide bonds. The van der Waals surface area contributed by atoms with Crippen molar-refractivity contribution in [3.05, 3.63) is 30.4 Å². The topological polar surface area (TPSA) is 66.0 Å². The van der Waals surface area contributed by atoms with Gasteiger partial charge in [-0.15, -0.1) is 0 Å². The summed E-state index contributed by atoms with van der Waals surface area (Å²) in [7, 11) is 0. The molecule has 17 heavy (non-hydrogen) atoms. The average molecular weight is 232 g/mol. The first kappa shape index (κ1) is 11.4. The lowest BCUT2D eigenvalue weighted by atomic mass is 10.2. The fourth-order valence-corrected chi connectivity index (χ4v) is 1.51. The van der Waals surface area contributed by atoms with Crippen LogP contribution in [0.15, 0.2) is 24.5 Å². The molecule has 1 aromatic carbocycles. The lowest BCUT2D eigenvalue weighted by Gasteiger charge is -2.11. The minimum Gasteiger partial charge on any atom is -0.491 e. The highest BCUT2D eigenvalue weighted by Crippen LogP contribution is 2.25. The van der Waals surface area contributed by atoms with Gasteiger partial charge in [0, 0.05) is 11.8 Å². The zero-order valence-corrected chi connectivity index (χ0v) is 10.1. The fraction of sp³-hybridized carbons (Fsp3) is 0.333. The van der Waals surface area contributed by atoms with Crippen LogP contribution < -0.4 is 10.5 Å². The molecule has 0 spiro atoms. The summed E-state index contributed by atoms with van der Waals surface area (Å²) in [5.41, 5.74) is 7.29. The monoisotopic (exact) mass is 232 g/mol. The van der Waals surface area contributed by atoms with Gasteiger partial charge in [0.25, 0.3) is 0 Å². The van der Waals surface area contributed by atoms with Crippen LogP contribution in [0.5, 0.6) is 5.75 Å². The van der Waals surface area contributed by atoms with Crippen molar-refractivity contribution in [3.63, 3.8) is 0 Å². The molecule has 0 unspecified atom stereocenters. The van der Waals surface area contributed by atoms with E-state index in [1.165, 1.54) is 0 Å². The van der Waals surface area contributed by atoms with E-state index in [1.807, 2.05) is 25.1 Å². The molecule has 1 heterocycles. The molecular weight excluding hydrogens is 216 g/mol. The Kier molecular flexibility index (Phi) is 3.27. The van der Waals surface area contributed by atoms with Crippen molar-refractivity contribution >= 4 is 5.69 Å². The quantitative estimate of drug-likeness (QED) is 0.818. The van der Waals surface area contributed by atoms with E-state index in [0.29, 0.717) is 12.3 Å². The van der Waals surface area contributed by atoms with Crippen LogP contribution in [0, 0.1) is 6.92 Å². The standard InChI is InChI=1S/C12H16N4O/c1-3-6-17-12-7-10(13)4-5-11(12)16-8-14-9(2)15-16/h4-5,7-8H,3,6,13H2,1-2H3. The number of rotatable bonds is 4. The van der Waals surface area contributed by atoms with Gasteiger partial charge in [-0.1, -0.05) is 6.92 Å². The number of hydrogen-bond donors (Lipinski definition) is 1. The van der Waals surface area contributed by atoms with Gasteiger partial charge in [0.1, 0.15) is 23.6 Å². The molecule has 2 N–H and O–H groups in total. The minimum atomic E-state index is 0.657. The number of benzene rings is 1. The summed E-state index contributed by atoms with van der Waals surface area (Å²) in [6, 6.07) is 5.52. The third-order valence-corrected chi connectivity index (χ3v) is 2.30. The molecule has 0 bridgehead atoms. The molecule has 0 saturated heterocycles. The Bertz CT molecular complexity index is 507. The summed E-state index contributed by atoms with van der Waals surface area (Å²) < 4.78 is 7.36. The highest BCUT2D eigenvalue weighted by atomic mass is 16.5. The predicted molar refractivity (Wildman–Crippen MR) is 66.3 cm³/mol. The first-order chi connectivity index (χ1) is 8.20. The van der Waals surface area contributed by atoms with Crippen molar-refractivity contribution in [1.29, 1.82) is 0 Å². The molecule has 0 aliphatic rings. The van der Waals surface area contributed by atoms with Crippen LogP contribution in [0.25, 0.3) is 5.69 Å². The van der Waals surface area contributed by atoms with Crippen LogP contribution in [-0.4, -0.2) is 21.4 Å². The molecule has 0 fully saturated rings. The van der Waals surface area contributed by atoms with E-state index in [1.54, 1.807) is 11.0 Å². The Morgan fingerprint density at radius 2 is 2.24 bits per heavy atom. The van der Waals surface area contributed by atoms with E-state index in [0.717, 1.165) is 23.7 Å². The smallest absolute Gasteiger partial charge is 0.147 e. The van der Waals surface area contributed by atoms with Crippen molar-refractivity contribution in [3.8, 4) is 11.4 Å². The van der Waals surface area contributed by atoms with Crippen molar-refractivity contribution in [1.82, 2.24) is 14.8 Å². The van der Waals surface area contributed by atoms with Gasteiger partial charge in [-0.2, -0.15) is 5.10 Å². The summed E-state index contributed by atoms with van der Waals surface area (Å²) >= 11 is 0. The van der Waals surface area contributed by atoms with Gasteiger partial charge in [0.05, 0.1) is 6.61 Å². The minimum absolute atomic E-state index is 0.657. The molecule has 5 nitrogen and oxygen atoms in total. The molecular formula is C12H16N4O. The van der Waals surface area contributed by atoms with E-state index >= 15 is 0 Å². The second kappa shape index (κ2) is 4.86. The number of aromatic nitrogens is 3. The van der Waals surface area contributed by atoms with Crippen LogP contribution in [0.2, 0.25) is 0 Å². The van der Waals surface area contributed by atoms with Gasteiger partial charge in [-0.25, -0.2) is 9.67 Å². The van der Waals surface area contributed by atoms with Gasteiger partial charge < -0.3 is 10.5 Å². The summed E-state index contributed by atoms with van der Waals surface area (Å²) in [5, 5.41) is 4.26. The first-order valence-corrected chi connectivity index (χ1v) is 5.61. The molecule has 0 saturated carbocycles. The molecule has 0 radical (unpaired) electrons. The fourth-order valence-electron chi connectivity index (χ4n) is 1.51. The van der Waals surface area contributed by atoms with Crippen LogP contribution >= 0.6 is 0 Å². The molecule has 0 aliphatic heterocycles. The second-order valence-electron chi connectivity index (χ2n) is 3.81. The van der Waals surface area contributed by atoms with Crippen molar-refractivity contribution in [2.24, 2.45) is 0 Å². The molecule has 5 heteroatoms. The van der Waals surface area contributed by atoms with E-state index in [-0.39, 0.29) is 0 Å².